The van der Waals surface area contributed by atoms with Crippen molar-refractivity contribution in [2.24, 2.45) is 17.6 Å². The zero-order chi connectivity index (χ0) is 11.1. The molecule has 0 aliphatic heterocycles. The summed E-state index contributed by atoms with van der Waals surface area (Å²) < 4.78 is 10.3. The number of rotatable bonds is 7. The largest absolute Gasteiger partial charge is 0.388 e. The molecule has 90 valence electrons. The first-order valence-corrected chi connectivity index (χ1v) is 5.72. The lowest BCUT2D eigenvalue weighted by Gasteiger charge is -2.18. The summed E-state index contributed by atoms with van der Waals surface area (Å²) in [6.45, 7) is 2.18. The number of aliphatic hydroxyl groups is 1. The van der Waals surface area contributed by atoms with Gasteiger partial charge in [-0.25, -0.2) is 0 Å². The second kappa shape index (κ2) is 7.17. The number of aliphatic hydroxyl groups excluding tert-OH is 1. The Morgan fingerprint density at radius 2 is 2.07 bits per heavy atom. The minimum Gasteiger partial charge on any atom is -0.388 e. The van der Waals surface area contributed by atoms with Crippen LogP contribution in [0, 0.1) is 11.8 Å². The van der Waals surface area contributed by atoms with E-state index in [0.29, 0.717) is 25.0 Å². The molecule has 1 rings (SSSR count). The standard InChI is InChI=1S/C11H23NO3/c1-14-7-11(13)8-15-6-10-4-2-3-9(10)5-12/h9-11,13H,2-8,12H2,1H3. The summed E-state index contributed by atoms with van der Waals surface area (Å²) in [5, 5.41) is 9.37. The predicted molar refractivity (Wildman–Crippen MR) is 58.6 cm³/mol. The topological polar surface area (TPSA) is 64.7 Å². The molecule has 0 aromatic carbocycles. The molecule has 0 spiro atoms. The van der Waals surface area contributed by atoms with Crippen molar-refractivity contribution in [1.29, 1.82) is 0 Å². The molecule has 4 heteroatoms. The van der Waals surface area contributed by atoms with Crippen LogP contribution in [-0.2, 0) is 9.47 Å². The summed E-state index contributed by atoms with van der Waals surface area (Å²) in [7, 11) is 1.57. The molecule has 0 amide bonds. The molecule has 4 nitrogen and oxygen atoms in total. The summed E-state index contributed by atoms with van der Waals surface area (Å²) in [4.78, 5) is 0. The Kier molecular flexibility index (Phi) is 6.17. The maximum absolute atomic E-state index is 9.37. The van der Waals surface area contributed by atoms with Gasteiger partial charge in [0, 0.05) is 13.7 Å². The Morgan fingerprint density at radius 1 is 1.33 bits per heavy atom. The van der Waals surface area contributed by atoms with Gasteiger partial charge >= 0.3 is 0 Å². The quantitative estimate of drug-likeness (QED) is 0.647. The molecule has 1 aliphatic carbocycles. The number of nitrogens with two attached hydrogens (primary N) is 1. The fraction of sp³-hybridized carbons (Fsp3) is 1.00. The number of hydrogen-bond acceptors (Lipinski definition) is 4. The van der Waals surface area contributed by atoms with Crippen molar-refractivity contribution in [3.05, 3.63) is 0 Å². The van der Waals surface area contributed by atoms with Crippen LogP contribution in [-0.4, -0.2) is 44.7 Å². The van der Waals surface area contributed by atoms with E-state index in [-0.39, 0.29) is 0 Å². The van der Waals surface area contributed by atoms with E-state index >= 15 is 0 Å². The van der Waals surface area contributed by atoms with Gasteiger partial charge < -0.3 is 20.3 Å². The second-order valence-electron chi connectivity index (χ2n) is 4.33. The van der Waals surface area contributed by atoms with Crippen LogP contribution in [0.5, 0.6) is 0 Å². The molecule has 15 heavy (non-hydrogen) atoms. The predicted octanol–water partition coefficient (Wildman–Crippen LogP) is 0.385. The van der Waals surface area contributed by atoms with Gasteiger partial charge in [-0.2, -0.15) is 0 Å². The van der Waals surface area contributed by atoms with E-state index in [4.69, 9.17) is 15.2 Å². The molecule has 0 bridgehead atoms. The van der Waals surface area contributed by atoms with E-state index in [9.17, 15) is 5.11 Å². The van der Waals surface area contributed by atoms with Gasteiger partial charge in [0.25, 0.3) is 0 Å². The molecule has 1 fully saturated rings. The highest BCUT2D eigenvalue weighted by molar-refractivity contribution is 4.77. The molecule has 1 saturated carbocycles. The average molecular weight is 217 g/mol. The second-order valence-corrected chi connectivity index (χ2v) is 4.33. The lowest BCUT2D eigenvalue weighted by atomic mass is 9.97. The molecule has 1 aliphatic rings. The fourth-order valence-electron chi connectivity index (χ4n) is 2.24. The van der Waals surface area contributed by atoms with Crippen molar-refractivity contribution in [1.82, 2.24) is 0 Å². The molecule has 0 radical (unpaired) electrons. The Bertz CT molecular complexity index is 166. The SMILES string of the molecule is COCC(O)COCC1CCCC1CN. The molecule has 0 heterocycles. The lowest BCUT2D eigenvalue weighted by molar-refractivity contribution is -0.0180. The Morgan fingerprint density at radius 3 is 2.73 bits per heavy atom. The molecule has 0 aromatic heterocycles. The minimum atomic E-state index is -0.507. The summed E-state index contributed by atoms with van der Waals surface area (Å²) in [5.41, 5.74) is 5.68. The fourth-order valence-corrected chi connectivity index (χ4v) is 2.24. The van der Waals surface area contributed by atoms with E-state index in [2.05, 4.69) is 0 Å². The van der Waals surface area contributed by atoms with Crippen LogP contribution in [0.15, 0.2) is 0 Å². The highest BCUT2D eigenvalue weighted by Gasteiger charge is 2.26. The van der Waals surface area contributed by atoms with Crippen molar-refractivity contribution in [3.63, 3.8) is 0 Å². The number of hydrogen-bond donors (Lipinski definition) is 2. The maximum atomic E-state index is 9.37. The third kappa shape index (κ3) is 4.47. The number of methoxy groups -OCH3 is 1. The van der Waals surface area contributed by atoms with Gasteiger partial charge in [0.05, 0.1) is 13.2 Å². The number of ether oxygens (including phenoxy) is 2. The summed E-state index contributed by atoms with van der Waals surface area (Å²) in [5.74, 6) is 1.20. The van der Waals surface area contributed by atoms with E-state index in [1.54, 1.807) is 7.11 Å². The highest BCUT2D eigenvalue weighted by Crippen LogP contribution is 2.30. The molecule has 0 saturated heterocycles. The highest BCUT2D eigenvalue weighted by atomic mass is 16.5. The average Bonchev–Trinajstić information content (AvgIpc) is 2.66. The van der Waals surface area contributed by atoms with Crippen molar-refractivity contribution in [2.45, 2.75) is 25.4 Å². The Labute approximate surface area is 91.7 Å². The van der Waals surface area contributed by atoms with Crippen LogP contribution < -0.4 is 5.73 Å². The first-order chi connectivity index (χ1) is 7.27. The van der Waals surface area contributed by atoms with Crippen molar-refractivity contribution in [2.75, 3.05) is 33.5 Å². The van der Waals surface area contributed by atoms with Gasteiger partial charge in [0.15, 0.2) is 0 Å². The van der Waals surface area contributed by atoms with Crippen molar-refractivity contribution >= 4 is 0 Å². The van der Waals surface area contributed by atoms with Gasteiger partial charge in [-0.05, 0) is 31.2 Å². The van der Waals surface area contributed by atoms with Gasteiger partial charge in [-0.1, -0.05) is 6.42 Å². The Hall–Kier alpha value is -0.160. The molecule has 3 N–H and O–H groups in total. The smallest absolute Gasteiger partial charge is 0.101 e. The minimum absolute atomic E-state index is 0.338. The normalized spacial score (nSPS) is 28.2. The zero-order valence-corrected chi connectivity index (χ0v) is 9.52. The van der Waals surface area contributed by atoms with Crippen LogP contribution in [0.25, 0.3) is 0 Å². The lowest BCUT2D eigenvalue weighted by Crippen LogP contribution is -2.26. The molecule has 3 atom stereocenters. The van der Waals surface area contributed by atoms with E-state index in [1.807, 2.05) is 0 Å². The van der Waals surface area contributed by atoms with E-state index in [1.165, 1.54) is 19.3 Å². The maximum Gasteiger partial charge on any atom is 0.101 e. The zero-order valence-electron chi connectivity index (χ0n) is 9.52. The van der Waals surface area contributed by atoms with Crippen LogP contribution in [0.4, 0.5) is 0 Å². The molecular weight excluding hydrogens is 194 g/mol. The third-order valence-electron chi connectivity index (χ3n) is 3.12. The first kappa shape index (κ1) is 12.9. The van der Waals surface area contributed by atoms with Gasteiger partial charge in [-0.3, -0.25) is 0 Å². The van der Waals surface area contributed by atoms with Crippen LogP contribution in [0.2, 0.25) is 0 Å². The van der Waals surface area contributed by atoms with Crippen LogP contribution >= 0.6 is 0 Å². The molecule has 0 aromatic rings. The summed E-state index contributed by atoms with van der Waals surface area (Å²) in [6.07, 6.45) is 3.19. The van der Waals surface area contributed by atoms with E-state index in [0.717, 1.165) is 13.2 Å². The molecule has 3 unspecified atom stereocenters. The Balaban J connectivity index is 2.08. The van der Waals surface area contributed by atoms with Crippen molar-refractivity contribution in [3.8, 4) is 0 Å². The van der Waals surface area contributed by atoms with Gasteiger partial charge in [0.1, 0.15) is 6.10 Å². The van der Waals surface area contributed by atoms with Crippen molar-refractivity contribution < 1.29 is 14.6 Å². The third-order valence-corrected chi connectivity index (χ3v) is 3.12. The monoisotopic (exact) mass is 217 g/mol. The van der Waals surface area contributed by atoms with Crippen LogP contribution in [0.3, 0.4) is 0 Å². The van der Waals surface area contributed by atoms with E-state index < -0.39 is 6.10 Å². The van der Waals surface area contributed by atoms with Crippen LogP contribution in [0.1, 0.15) is 19.3 Å². The summed E-state index contributed by atoms with van der Waals surface area (Å²) in [6, 6.07) is 0. The van der Waals surface area contributed by atoms with Gasteiger partial charge in [0.2, 0.25) is 0 Å². The van der Waals surface area contributed by atoms with Gasteiger partial charge in [-0.15, -0.1) is 0 Å². The summed E-state index contributed by atoms with van der Waals surface area (Å²) >= 11 is 0. The molecular formula is C11H23NO3. The first-order valence-electron chi connectivity index (χ1n) is 5.72.